The van der Waals surface area contributed by atoms with Gasteiger partial charge in [0.15, 0.2) is 6.10 Å². The molecule has 1 aliphatic rings. The summed E-state index contributed by atoms with van der Waals surface area (Å²) in [5.74, 6) is 0.919. The van der Waals surface area contributed by atoms with E-state index < -0.39 is 16.1 Å². The van der Waals surface area contributed by atoms with Crippen LogP contribution in [0.5, 0.6) is 11.5 Å². The van der Waals surface area contributed by atoms with E-state index in [4.69, 9.17) is 9.47 Å². The molecule has 1 N–H and O–H groups in total. The molecule has 0 unspecified atom stereocenters. The Hall–Kier alpha value is -2.10. The second-order valence-corrected chi connectivity index (χ2v) is 10.1. The van der Waals surface area contributed by atoms with E-state index in [0.29, 0.717) is 31.1 Å². The molecule has 0 aliphatic carbocycles. The van der Waals surface area contributed by atoms with Gasteiger partial charge in [-0.15, -0.1) is 0 Å². The van der Waals surface area contributed by atoms with Crippen molar-refractivity contribution in [3.63, 3.8) is 0 Å². The van der Waals surface area contributed by atoms with Crippen molar-refractivity contribution in [3.05, 3.63) is 53.0 Å². The molecule has 2 aromatic rings. The zero-order valence-corrected chi connectivity index (χ0v) is 19.8. The van der Waals surface area contributed by atoms with Gasteiger partial charge in [-0.05, 0) is 68.3 Å². The lowest BCUT2D eigenvalue weighted by Gasteiger charge is -2.25. The Kier molecular flexibility index (Phi) is 8.34. The van der Waals surface area contributed by atoms with Gasteiger partial charge in [-0.1, -0.05) is 22.4 Å². The lowest BCUT2D eigenvalue weighted by Crippen LogP contribution is -2.38. The highest BCUT2D eigenvalue weighted by atomic mass is 79.9. The number of sulfonamides is 1. The van der Waals surface area contributed by atoms with Crippen molar-refractivity contribution in [1.29, 1.82) is 0 Å². The molecule has 9 heteroatoms. The van der Waals surface area contributed by atoms with E-state index in [-0.39, 0.29) is 17.4 Å². The largest absolute Gasteiger partial charge is 0.492 e. The van der Waals surface area contributed by atoms with E-state index in [1.807, 2.05) is 12.1 Å². The van der Waals surface area contributed by atoms with Crippen LogP contribution in [0.3, 0.4) is 0 Å². The molecule has 1 aliphatic heterocycles. The topological polar surface area (TPSA) is 84.9 Å². The van der Waals surface area contributed by atoms with E-state index in [9.17, 15) is 13.2 Å². The van der Waals surface area contributed by atoms with Gasteiger partial charge in [0.05, 0.1) is 11.4 Å². The molecule has 1 saturated heterocycles. The lowest BCUT2D eigenvalue weighted by atomic mass is 10.2. The Morgan fingerprint density at radius 2 is 1.65 bits per heavy atom. The molecule has 168 valence electrons. The van der Waals surface area contributed by atoms with E-state index in [2.05, 4.69) is 21.2 Å². The average Bonchev–Trinajstić information content (AvgIpc) is 2.79. The molecule has 1 amide bonds. The normalized spacial score (nSPS) is 15.8. The third kappa shape index (κ3) is 6.69. The second-order valence-electron chi connectivity index (χ2n) is 7.29. The van der Waals surface area contributed by atoms with Crippen molar-refractivity contribution in [2.24, 2.45) is 0 Å². The number of piperidine rings is 1. The van der Waals surface area contributed by atoms with Gasteiger partial charge in [0.2, 0.25) is 10.0 Å². The first-order valence-corrected chi connectivity index (χ1v) is 12.5. The molecule has 0 radical (unpaired) electrons. The van der Waals surface area contributed by atoms with Crippen LogP contribution in [0, 0.1) is 0 Å². The number of hydrogen-bond donors (Lipinski definition) is 1. The molecule has 31 heavy (non-hydrogen) atoms. The van der Waals surface area contributed by atoms with E-state index in [0.717, 1.165) is 23.7 Å². The van der Waals surface area contributed by atoms with Crippen molar-refractivity contribution in [3.8, 4) is 11.5 Å². The smallest absolute Gasteiger partial charge is 0.260 e. The maximum atomic E-state index is 12.7. The minimum atomic E-state index is -3.45. The standard InChI is InChI=1S/C22H27BrN2O5S/c1-17(30-20-7-5-18(23)6-8-20)22(26)24-13-16-29-19-9-11-21(12-10-19)31(27,28)25-14-3-2-4-15-25/h5-12,17H,2-4,13-16H2,1H3,(H,24,26)/t17-/m0/s1. The van der Waals surface area contributed by atoms with E-state index >= 15 is 0 Å². The molecule has 0 saturated carbocycles. The average molecular weight is 511 g/mol. The predicted octanol–water partition coefficient (Wildman–Crippen LogP) is 3.59. The van der Waals surface area contributed by atoms with Crippen LogP contribution in [0.15, 0.2) is 57.9 Å². The fraction of sp³-hybridized carbons (Fsp3) is 0.409. The molecular formula is C22H27BrN2O5S. The summed E-state index contributed by atoms with van der Waals surface area (Å²) >= 11 is 3.35. The van der Waals surface area contributed by atoms with Crippen molar-refractivity contribution in [1.82, 2.24) is 9.62 Å². The number of nitrogens with zero attached hydrogens (tertiary/aromatic N) is 1. The van der Waals surface area contributed by atoms with Crippen LogP contribution in [0.4, 0.5) is 0 Å². The van der Waals surface area contributed by atoms with E-state index in [1.54, 1.807) is 47.6 Å². The number of halogens is 1. The zero-order chi connectivity index (χ0) is 22.3. The summed E-state index contributed by atoms with van der Waals surface area (Å²) in [5.41, 5.74) is 0. The first kappa shape index (κ1) is 23.6. The number of nitrogens with one attached hydrogen (secondary N) is 1. The Balaban J connectivity index is 1.42. The second kappa shape index (κ2) is 11.0. The summed E-state index contributed by atoms with van der Waals surface area (Å²) in [6.07, 6.45) is 2.24. The van der Waals surface area contributed by atoms with Gasteiger partial charge in [0.1, 0.15) is 18.1 Å². The molecule has 2 aromatic carbocycles. The summed E-state index contributed by atoms with van der Waals surface area (Å²) in [6.45, 7) is 3.39. The SMILES string of the molecule is C[C@H](Oc1ccc(Br)cc1)C(=O)NCCOc1ccc(S(=O)(=O)N2CCCCC2)cc1. The van der Waals surface area contributed by atoms with Gasteiger partial charge >= 0.3 is 0 Å². The summed E-state index contributed by atoms with van der Waals surface area (Å²) in [4.78, 5) is 12.4. The molecule has 1 heterocycles. The molecular weight excluding hydrogens is 484 g/mol. The number of carbonyl (C=O) groups excluding carboxylic acids is 1. The van der Waals surface area contributed by atoms with Gasteiger partial charge in [-0.3, -0.25) is 4.79 Å². The fourth-order valence-corrected chi connectivity index (χ4v) is 5.00. The highest BCUT2D eigenvalue weighted by Gasteiger charge is 2.25. The number of amides is 1. The Bertz CT molecular complexity index is 958. The molecule has 0 spiro atoms. The third-order valence-corrected chi connectivity index (χ3v) is 7.38. The summed E-state index contributed by atoms with van der Waals surface area (Å²) < 4.78 is 39.0. The maximum absolute atomic E-state index is 12.7. The summed E-state index contributed by atoms with van der Waals surface area (Å²) in [7, 11) is -3.45. The lowest BCUT2D eigenvalue weighted by molar-refractivity contribution is -0.127. The number of ether oxygens (including phenoxy) is 2. The molecule has 1 atom stereocenters. The van der Waals surface area contributed by atoms with Crippen LogP contribution in [0.1, 0.15) is 26.2 Å². The molecule has 0 bridgehead atoms. The van der Waals surface area contributed by atoms with Crippen LogP contribution in [0.25, 0.3) is 0 Å². The van der Waals surface area contributed by atoms with Gasteiger partial charge in [0, 0.05) is 17.6 Å². The molecule has 7 nitrogen and oxygen atoms in total. The van der Waals surface area contributed by atoms with Crippen molar-refractivity contribution in [2.45, 2.75) is 37.2 Å². The van der Waals surface area contributed by atoms with Crippen LogP contribution in [0.2, 0.25) is 0 Å². The maximum Gasteiger partial charge on any atom is 0.260 e. The first-order valence-electron chi connectivity index (χ1n) is 10.3. The monoisotopic (exact) mass is 510 g/mol. The predicted molar refractivity (Wildman–Crippen MR) is 122 cm³/mol. The quantitative estimate of drug-likeness (QED) is 0.521. The number of carbonyl (C=O) groups is 1. The third-order valence-electron chi connectivity index (χ3n) is 4.94. The van der Waals surface area contributed by atoms with Gasteiger partial charge in [0.25, 0.3) is 5.91 Å². The van der Waals surface area contributed by atoms with Crippen LogP contribution < -0.4 is 14.8 Å². The van der Waals surface area contributed by atoms with Crippen molar-refractivity contribution in [2.75, 3.05) is 26.2 Å². The van der Waals surface area contributed by atoms with Crippen LogP contribution in [-0.2, 0) is 14.8 Å². The van der Waals surface area contributed by atoms with Crippen LogP contribution >= 0.6 is 15.9 Å². The molecule has 1 fully saturated rings. The first-order chi connectivity index (χ1) is 14.9. The van der Waals surface area contributed by atoms with Crippen LogP contribution in [-0.4, -0.2) is 51.0 Å². The summed E-state index contributed by atoms with van der Waals surface area (Å²) in [6, 6.07) is 13.7. The minimum absolute atomic E-state index is 0.241. The van der Waals surface area contributed by atoms with Crippen molar-refractivity contribution >= 4 is 31.9 Å². The Morgan fingerprint density at radius 1 is 1.03 bits per heavy atom. The zero-order valence-electron chi connectivity index (χ0n) is 17.4. The minimum Gasteiger partial charge on any atom is -0.492 e. The number of rotatable bonds is 9. The highest BCUT2D eigenvalue weighted by molar-refractivity contribution is 9.10. The van der Waals surface area contributed by atoms with Crippen molar-refractivity contribution < 1.29 is 22.7 Å². The highest BCUT2D eigenvalue weighted by Crippen LogP contribution is 2.22. The number of hydrogen-bond acceptors (Lipinski definition) is 5. The number of benzene rings is 2. The van der Waals surface area contributed by atoms with E-state index in [1.165, 1.54) is 0 Å². The Morgan fingerprint density at radius 3 is 2.29 bits per heavy atom. The fourth-order valence-electron chi connectivity index (χ4n) is 3.22. The van der Waals surface area contributed by atoms with Gasteiger partial charge in [-0.2, -0.15) is 4.31 Å². The van der Waals surface area contributed by atoms with Gasteiger partial charge in [-0.25, -0.2) is 8.42 Å². The molecule has 0 aromatic heterocycles. The van der Waals surface area contributed by atoms with Gasteiger partial charge < -0.3 is 14.8 Å². The molecule has 3 rings (SSSR count). The Labute approximate surface area is 191 Å². The summed E-state index contributed by atoms with van der Waals surface area (Å²) in [5, 5.41) is 2.76.